The predicted octanol–water partition coefficient (Wildman–Crippen LogP) is 1.82. The van der Waals surface area contributed by atoms with Crippen molar-refractivity contribution in [3.05, 3.63) is 40.6 Å². The number of fused-ring (bicyclic) bond motifs is 1. The third-order valence-corrected chi connectivity index (χ3v) is 2.85. The van der Waals surface area contributed by atoms with Crippen LogP contribution in [0.1, 0.15) is 13.3 Å². The molecule has 1 aromatic carbocycles. The maximum absolute atomic E-state index is 11.0. The van der Waals surface area contributed by atoms with Crippen LogP contribution in [-0.2, 0) is 4.79 Å². The Balaban J connectivity index is 2.43. The number of rotatable bonds is 5. The maximum atomic E-state index is 11.0. The molecule has 0 bridgehead atoms. The molecule has 1 heterocycles. The number of nitrogens with zero attached hydrogens (tertiary/aromatic N) is 2. The first kappa shape index (κ1) is 13.7. The average molecular weight is 274 g/mol. The van der Waals surface area contributed by atoms with Crippen LogP contribution in [0.5, 0.6) is 0 Å². The number of benzene rings is 1. The SMILES string of the molecule is CC(CC(N)=O)Nc1ccc([N+](=O)[O-])c2cccnc12. The molecule has 7 nitrogen and oxygen atoms in total. The zero-order valence-corrected chi connectivity index (χ0v) is 10.9. The van der Waals surface area contributed by atoms with Crippen LogP contribution >= 0.6 is 0 Å². The Hall–Kier alpha value is -2.70. The number of nitro groups is 1. The monoisotopic (exact) mass is 274 g/mol. The Morgan fingerprint density at radius 3 is 2.90 bits per heavy atom. The molecule has 0 radical (unpaired) electrons. The minimum Gasteiger partial charge on any atom is -0.380 e. The molecule has 1 unspecified atom stereocenters. The van der Waals surface area contributed by atoms with Crippen molar-refractivity contribution < 1.29 is 9.72 Å². The summed E-state index contributed by atoms with van der Waals surface area (Å²) in [6, 6.07) is 6.11. The van der Waals surface area contributed by atoms with Crippen molar-refractivity contribution >= 4 is 28.2 Å². The fourth-order valence-electron chi connectivity index (χ4n) is 2.05. The van der Waals surface area contributed by atoms with Gasteiger partial charge in [0, 0.05) is 24.7 Å². The first-order valence-corrected chi connectivity index (χ1v) is 6.06. The number of hydrogen-bond donors (Lipinski definition) is 2. The Morgan fingerprint density at radius 1 is 1.50 bits per heavy atom. The molecule has 0 aliphatic rings. The van der Waals surface area contributed by atoms with Crippen LogP contribution in [0, 0.1) is 10.1 Å². The number of pyridine rings is 1. The van der Waals surface area contributed by atoms with Gasteiger partial charge in [-0.3, -0.25) is 19.9 Å². The van der Waals surface area contributed by atoms with E-state index < -0.39 is 10.8 Å². The average Bonchev–Trinajstić information content (AvgIpc) is 2.37. The van der Waals surface area contributed by atoms with Gasteiger partial charge in [-0.2, -0.15) is 0 Å². The number of aromatic nitrogens is 1. The Kier molecular flexibility index (Phi) is 3.79. The highest BCUT2D eigenvalue weighted by molar-refractivity contribution is 5.96. The molecule has 0 aliphatic carbocycles. The van der Waals surface area contributed by atoms with Gasteiger partial charge in [0.25, 0.3) is 5.69 Å². The molecular formula is C13H14N4O3. The standard InChI is InChI=1S/C13H14N4O3/c1-8(7-12(14)18)16-10-4-5-11(17(19)20)9-3-2-6-15-13(9)10/h2-6,8,16H,7H2,1H3,(H2,14,18). The number of amides is 1. The molecular weight excluding hydrogens is 260 g/mol. The lowest BCUT2D eigenvalue weighted by molar-refractivity contribution is -0.383. The van der Waals surface area contributed by atoms with Crippen LogP contribution in [0.25, 0.3) is 10.9 Å². The Bertz CT molecular complexity index is 672. The summed E-state index contributed by atoms with van der Waals surface area (Å²) in [5.74, 6) is -0.413. The Morgan fingerprint density at radius 2 is 2.25 bits per heavy atom. The van der Waals surface area contributed by atoms with Crippen molar-refractivity contribution in [3.63, 3.8) is 0 Å². The second-order valence-corrected chi connectivity index (χ2v) is 4.50. The van der Waals surface area contributed by atoms with Crippen LogP contribution in [0.4, 0.5) is 11.4 Å². The third kappa shape index (κ3) is 2.82. The summed E-state index contributed by atoms with van der Waals surface area (Å²) in [6.45, 7) is 1.81. The van der Waals surface area contributed by atoms with Crippen LogP contribution in [0.15, 0.2) is 30.5 Å². The molecule has 104 valence electrons. The van der Waals surface area contributed by atoms with Crippen LogP contribution in [0.3, 0.4) is 0 Å². The molecule has 0 fully saturated rings. The van der Waals surface area contributed by atoms with Crippen molar-refractivity contribution in [3.8, 4) is 0 Å². The normalized spacial score (nSPS) is 12.1. The van der Waals surface area contributed by atoms with Crippen LogP contribution in [-0.4, -0.2) is 21.9 Å². The fraction of sp³-hybridized carbons (Fsp3) is 0.231. The fourth-order valence-corrected chi connectivity index (χ4v) is 2.05. The zero-order valence-electron chi connectivity index (χ0n) is 10.9. The number of nitrogens with two attached hydrogens (primary N) is 1. The molecule has 3 N–H and O–H groups in total. The van der Waals surface area contributed by atoms with Gasteiger partial charge in [-0.15, -0.1) is 0 Å². The summed E-state index contributed by atoms with van der Waals surface area (Å²) < 4.78 is 0. The van der Waals surface area contributed by atoms with E-state index in [2.05, 4.69) is 10.3 Å². The molecule has 1 atom stereocenters. The molecule has 0 spiro atoms. The van der Waals surface area contributed by atoms with Gasteiger partial charge >= 0.3 is 0 Å². The van der Waals surface area contributed by atoms with E-state index in [-0.39, 0.29) is 18.2 Å². The molecule has 7 heteroatoms. The van der Waals surface area contributed by atoms with Crippen molar-refractivity contribution in [1.29, 1.82) is 0 Å². The van der Waals surface area contributed by atoms with Crippen molar-refractivity contribution in [2.24, 2.45) is 5.73 Å². The highest BCUT2D eigenvalue weighted by Gasteiger charge is 2.16. The molecule has 0 saturated carbocycles. The summed E-state index contributed by atoms with van der Waals surface area (Å²) in [5, 5.41) is 14.5. The van der Waals surface area contributed by atoms with E-state index in [1.807, 2.05) is 0 Å². The van der Waals surface area contributed by atoms with E-state index in [1.54, 1.807) is 31.3 Å². The number of nitrogens with one attached hydrogen (secondary N) is 1. The number of nitro benzene ring substituents is 1. The lowest BCUT2D eigenvalue weighted by atomic mass is 10.1. The molecule has 0 aliphatic heterocycles. The van der Waals surface area contributed by atoms with Crippen molar-refractivity contribution in [2.45, 2.75) is 19.4 Å². The van der Waals surface area contributed by atoms with Crippen molar-refractivity contribution in [2.75, 3.05) is 5.32 Å². The number of non-ortho nitro benzene ring substituents is 1. The van der Waals surface area contributed by atoms with Gasteiger partial charge in [0.2, 0.25) is 5.91 Å². The first-order valence-electron chi connectivity index (χ1n) is 6.06. The highest BCUT2D eigenvalue weighted by atomic mass is 16.6. The summed E-state index contributed by atoms with van der Waals surface area (Å²) in [5.41, 5.74) is 6.28. The highest BCUT2D eigenvalue weighted by Crippen LogP contribution is 2.30. The van der Waals surface area contributed by atoms with E-state index >= 15 is 0 Å². The zero-order chi connectivity index (χ0) is 14.7. The predicted molar refractivity (Wildman–Crippen MR) is 75.3 cm³/mol. The largest absolute Gasteiger partial charge is 0.380 e. The molecule has 2 aromatic rings. The minimum atomic E-state index is -0.444. The van der Waals surface area contributed by atoms with Gasteiger partial charge in [-0.1, -0.05) is 0 Å². The summed E-state index contributed by atoms with van der Waals surface area (Å²) in [4.78, 5) is 25.6. The van der Waals surface area contributed by atoms with Gasteiger partial charge in [0.1, 0.15) is 5.52 Å². The number of primary amides is 1. The van der Waals surface area contributed by atoms with Gasteiger partial charge < -0.3 is 11.1 Å². The summed E-state index contributed by atoms with van der Waals surface area (Å²) in [7, 11) is 0. The lowest BCUT2D eigenvalue weighted by Crippen LogP contribution is -2.24. The molecule has 2 rings (SSSR count). The maximum Gasteiger partial charge on any atom is 0.278 e. The van der Waals surface area contributed by atoms with E-state index in [4.69, 9.17) is 5.73 Å². The first-order chi connectivity index (χ1) is 9.49. The molecule has 0 saturated heterocycles. The molecule has 1 aromatic heterocycles. The van der Waals surface area contributed by atoms with E-state index in [0.29, 0.717) is 16.6 Å². The second-order valence-electron chi connectivity index (χ2n) is 4.50. The van der Waals surface area contributed by atoms with Crippen LogP contribution < -0.4 is 11.1 Å². The quantitative estimate of drug-likeness (QED) is 0.638. The van der Waals surface area contributed by atoms with Crippen molar-refractivity contribution in [1.82, 2.24) is 4.98 Å². The Labute approximate surface area is 114 Å². The summed E-state index contributed by atoms with van der Waals surface area (Å²) in [6.07, 6.45) is 1.74. The number of carbonyl (C=O) groups excluding carboxylic acids is 1. The summed E-state index contributed by atoms with van der Waals surface area (Å²) >= 11 is 0. The van der Waals surface area contributed by atoms with Gasteiger partial charge in [0.15, 0.2) is 0 Å². The van der Waals surface area contributed by atoms with E-state index in [0.717, 1.165) is 0 Å². The number of anilines is 1. The van der Waals surface area contributed by atoms with Crippen LogP contribution in [0.2, 0.25) is 0 Å². The van der Waals surface area contributed by atoms with Gasteiger partial charge in [-0.25, -0.2) is 0 Å². The second kappa shape index (κ2) is 5.52. The molecule has 20 heavy (non-hydrogen) atoms. The third-order valence-electron chi connectivity index (χ3n) is 2.85. The number of carbonyl (C=O) groups is 1. The minimum absolute atomic E-state index is 0.00112. The van der Waals surface area contributed by atoms with Gasteiger partial charge in [0.05, 0.1) is 16.0 Å². The topological polar surface area (TPSA) is 111 Å². The number of hydrogen-bond acceptors (Lipinski definition) is 5. The van der Waals surface area contributed by atoms with Gasteiger partial charge in [-0.05, 0) is 25.1 Å². The smallest absolute Gasteiger partial charge is 0.278 e. The lowest BCUT2D eigenvalue weighted by Gasteiger charge is -2.14. The molecule has 1 amide bonds. The van der Waals surface area contributed by atoms with E-state index in [9.17, 15) is 14.9 Å². The van der Waals surface area contributed by atoms with E-state index in [1.165, 1.54) is 6.07 Å².